The highest BCUT2D eigenvalue weighted by molar-refractivity contribution is 5.63. The Labute approximate surface area is 118 Å². The fraction of sp³-hybridized carbons (Fsp3) is 0.438. The summed E-state index contributed by atoms with van der Waals surface area (Å²) in [5, 5.41) is 10.2. The minimum Gasteiger partial charge on any atom is -0.508 e. The lowest BCUT2D eigenvalue weighted by Gasteiger charge is -2.37. The van der Waals surface area contributed by atoms with Gasteiger partial charge >= 0.3 is 0 Å². The van der Waals surface area contributed by atoms with E-state index in [1.165, 1.54) is 6.26 Å². The maximum atomic E-state index is 10.2. The Hall–Kier alpha value is -1.97. The van der Waals surface area contributed by atoms with Crippen molar-refractivity contribution < 1.29 is 14.3 Å². The van der Waals surface area contributed by atoms with Gasteiger partial charge in [0.2, 0.25) is 5.89 Å². The third-order valence-electron chi connectivity index (χ3n) is 4.31. The van der Waals surface area contributed by atoms with Gasteiger partial charge in [-0.05, 0) is 37.8 Å². The summed E-state index contributed by atoms with van der Waals surface area (Å²) < 4.78 is 11.5. The van der Waals surface area contributed by atoms with E-state index in [-0.39, 0.29) is 11.4 Å². The fourth-order valence-electron chi connectivity index (χ4n) is 2.85. The largest absolute Gasteiger partial charge is 0.508 e. The number of oxazole rings is 1. The molecule has 0 fully saturated rings. The van der Waals surface area contributed by atoms with Crippen LogP contribution < -0.4 is 4.74 Å². The van der Waals surface area contributed by atoms with Gasteiger partial charge in [-0.2, -0.15) is 0 Å². The van der Waals surface area contributed by atoms with E-state index in [0.29, 0.717) is 5.89 Å². The average Bonchev–Trinajstić information content (AvgIpc) is 3.00. The van der Waals surface area contributed by atoms with Crippen molar-refractivity contribution in [1.82, 2.24) is 4.98 Å². The van der Waals surface area contributed by atoms with Crippen molar-refractivity contribution in [3.8, 4) is 23.0 Å². The second-order valence-electron chi connectivity index (χ2n) is 5.30. The summed E-state index contributed by atoms with van der Waals surface area (Å²) in [6, 6.07) is 3.61. The number of rotatable bonds is 3. The van der Waals surface area contributed by atoms with E-state index in [2.05, 4.69) is 18.8 Å². The summed E-state index contributed by atoms with van der Waals surface area (Å²) in [6.45, 7) is 4.29. The van der Waals surface area contributed by atoms with Crippen LogP contribution in [-0.2, 0) is 6.42 Å². The fourth-order valence-corrected chi connectivity index (χ4v) is 2.85. The van der Waals surface area contributed by atoms with E-state index in [0.717, 1.165) is 42.6 Å². The monoisotopic (exact) mass is 273 g/mol. The molecule has 20 heavy (non-hydrogen) atoms. The summed E-state index contributed by atoms with van der Waals surface area (Å²) in [5.41, 5.74) is 1.52. The van der Waals surface area contributed by atoms with Gasteiger partial charge in [-0.3, -0.25) is 0 Å². The average molecular weight is 273 g/mol. The van der Waals surface area contributed by atoms with E-state index in [1.54, 1.807) is 12.3 Å². The Morgan fingerprint density at radius 2 is 2.10 bits per heavy atom. The van der Waals surface area contributed by atoms with Crippen LogP contribution in [0, 0.1) is 0 Å². The number of phenols is 1. The molecule has 0 saturated heterocycles. The molecule has 0 unspecified atom stereocenters. The van der Waals surface area contributed by atoms with Gasteiger partial charge in [0.1, 0.15) is 23.4 Å². The van der Waals surface area contributed by atoms with Crippen LogP contribution in [0.1, 0.15) is 38.7 Å². The number of ether oxygens (including phenoxy) is 1. The van der Waals surface area contributed by atoms with Crippen LogP contribution >= 0.6 is 0 Å². The molecule has 0 bridgehead atoms. The number of benzene rings is 1. The molecule has 1 aromatic carbocycles. The number of nitrogens with zero attached hydrogens (tertiary/aromatic N) is 1. The van der Waals surface area contributed by atoms with Crippen molar-refractivity contribution in [1.29, 1.82) is 0 Å². The molecule has 1 aromatic heterocycles. The van der Waals surface area contributed by atoms with Crippen molar-refractivity contribution in [2.75, 3.05) is 0 Å². The summed E-state index contributed by atoms with van der Waals surface area (Å²) >= 11 is 0. The standard InChI is InChI=1S/C16H19NO3/c1-3-16(4-2)6-5-12-13(18)9-11(10-14(12)20-16)15-17-7-8-19-15/h7-10,18H,3-6H2,1-2H3. The number of fused-ring (bicyclic) bond motifs is 1. The zero-order valence-electron chi connectivity index (χ0n) is 11.8. The van der Waals surface area contributed by atoms with E-state index < -0.39 is 0 Å². The van der Waals surface area contributed by atoms with Crippen molar-refractivity contribution in [2.45, 2.75) is 45.1 Å². The first kappa shape index (κ1) is 13.0. The third kappa shape index (κ3) is 2.05. The summed E-state index contributed by atoms with van der Waals surface area (Å²) in [5.74, 6) is 1.51. The molecule has 0 aliphatic carbocycles. The van der Waals surface area contributed by atoms with Crippen molar-refractivity contribution >= 4 is 0 Å². The molecule has 0 saturated carbocycles. The van der Waals surface area contributed by atoms with Crippen molar-refractivity contribution in [2.24, 2.45) is 0 Å². The van der Waals surface area contributed by atoms with E-state index in [9.17, 15) is 5.11 Å². The highest BCUT2D eigenvalue weighted by atomic mass is 16.5. The van der Waals surface area contributed by atoms with Gasteiger partial charge in [0.25, 0.3) is 0 Å². The lowest BCUT2D eigenvalue weighted by atomic mass is 9.86. The number of phenolic OH excluding ortho intramolecular Hbond substituents is 1. The number of aromatic hydroxyl groups is 1. The SMILES string of the molecule is CCC1(CC)CCc2c(O)cc(-c3ncco3)cc2O1. The smallest absolute Gasteiger partial charge is 0.226 e. The van der Waals surface area contributed by atoms with Crippen LogP contribution in [0.5, 0.6) is 11.5 Å². The summed E-state index contributed by atoms with van der Waals surface area (Å²) in [7, 11) is 0. The Balaban J connectivity index is 2.04. The second-order valence-corrected chi connectivity index (χ2v) is 5.30. The predicted molar refractivity (Wildman–Crippen MR) is 75.9 cm³/mol. The van der Waals surface area contributed by atoms with Gasteiger partial charge in [-0.1, -0.05) is 13.8 Å². The normalized spacial score (nSPS) is 16.5. The lowest BCUT2D eigenvalue weighted by molar-refractivity contribution is 0.0377. The number of hydrogen-bond donors (Lipinski definition) is 1. The molecule has 4 heteroatoms. The van der Waals surface area contributed by atoms with Crippen LogP contribution in [0.15, 0.2) is 29.0 Å². The van der Waals surface area contributed by atoms with Gasteiger partial charge in [-0.25, -0.2) is 4.98 Å². The van der Waals surface area contributed by atoms with E-state index in [1.807, 2.05) is 6.07 Å². The zero-order valence-corrected chi connectivity index (χ0v) is 11.8. The van der Waals surface area contributed by atoms with E-state index in [4.69, 9.17) is 9.15 Å². The first-order valence-corrected chi connectivity index (χ1v) is 7.12. The van der Waals surface area contributed by atoms with E-state index >= 15 is 0 Å². The molecule has 2 aromatic rings. The molecule has 106 valence electrons. The Morgan fingerprint density at radius 1 is 1.30 bits per heavy atom. The maximum absolute atomic E-state index is 10.2. The first-order valence-electron chi connectivity index (χ1n) is 7.12. The summed E-state index contributed by atoms with van der Waals surface area (Å²) in [4.78, 5) is 4.12. The van der Waals surface area contributed by atoms with Gasteiger partial charge in [0.05, 0.1) is 6.20 Å². The Kier molecular flexibility index (Phi) is 3.16. The minimum absolute atomic E-state index is 0.116. The number of hydrogen-bond acceptors (Lipinski definition) is 4. The minimum atomic E-state index is -0.116. The van der Waals surface area contributed by atoms with Gasteiger partial charge < -0.3 is 14.3 Å². The van der Waals surface area contributed by atoms with Crippen LogP contribution in [-0.4, -0.2) is 15.7 Å². The van der Waals surface area contributed by atoms with Crippen LogP contribution in [0.2, 0.25) is 0 Å². The van der Waals surface area contributed by atoms with Crippen molar-refractivity contribution in [3.63, 3.8) is 0 Å². The Morgan fingerprint density at radius 3 is 2.75 bits per heavy atom. The topological polar surface area (TPSA) is 55.5 Å². The molecule has 1 aliphatic rings. The molecule has 1 N–H and O–H groups in total. The maximum Gasteiger partial charge on any atom is 0.226 e. The van der Waals surface area contributed by atoms with Crippen molar-refractivity contribution in [3.05, 3.63) is 30.2 Å². The van der Waals surface area contributed by atoms with Gasteiger partial charge in [-0.15, -0.1) is 0 Å². The summed E-state index contributed by atoms with van der Waals surface area (Å²) in [6.07, 6.45) is 6.83. The van der Waals surface area contributed by atoms with Gasteiger partial charge in [0, 0.05) is 11.1 Å². The highest BCUT2D eigenvalue weighted by Gasteiger charge is 2.34. The molecule has 0 amide bonds. The Bertz CT molecular complexity index is 600. The molecular weight excluding hydrogens is 254 g/mol. The zero-order chi connectivity index (χ0) is 14.2. The molecule has 0 radical (unpaired) electrons. The van der Waals surface area contributed by atoms with Crippen LogP contribution in [0.3, 0.4) is 0 Å². The molecule has 0 atom stereocenters. The predicted octanol–water partition coefficient (Wildman–Crippen LogP) is 3.93. The molecule has 0 spiro atoms. The quantitative estimate of drug-likeness (QED) is 0.920. The molecule has 4 nitrogen and oxygen atoms in total. The number of aromatic nitrogens is 1. The van der Waals surface area contributed by atoms with Crippen LogP contribution in [0.25, 0.3) is 11.5 Å². The molecule has 1 aliphatic heterocycles. The molecule has 2 heterocycles. The second kappa shape index (κ2) is 4.85. The van der Waals surface area contributed by atoms with Gasteiger partial charge in [0.15, 0.2) is 0 Å². The third-order valence-corrected chi connectivity index (χ3v) is 4.31. The highest BCUT2D eigenvalue weighted by Crippen LogP contribution is 2.43. The van der Waals surface area contributed by atoms with Crippen LogP contribution in [0.4, 0.5) is 0 Å². The molecular formula is C16H19NO3. The molecule has 3 rings (SSSR count). The lowest BCUT2D eigenvalue weighted by Crippen LogP contribution is -2.38. The first-order chi connectivity index (χ1) is 9.67.